The number of nitrogens with one attached hydrogen (secondary N) is 1. The molecule has 0 atom stereocenters. The van der Waals surface area contributed by atoms with Gasteiger partial charge in [-0.2, -0.15) is 0 Å². The van der Waals surface area contributed by atoms with E-state index in [4.69, 9.17) is 5.73 Å². The molecule has 0 spiro atoms. The second-order valence-corrected chi connectivity index (χ2v) is 6.23. The van der Waals surface area contributed by atoms with Crippen LogP contribution in [0.3, 0.4) is 0 Å². The van der Waals surface area contributed by atoms with Crippen molar-refractivity contribution in [3.8, 4) is 0 Å². The van der Waals surface area contributed by atoms with E-state index in [0.29, 0.717) is 12.0 Å². The van der Waals surface area contributed by atoms with Crippen LogP contribution in [0.25, 0.3) is 0 Å². The number of halogens is 2. The van der Waals surface area contributed by atoms with Crippen molar-refractivity contribution in [3.05, 3.63) is 34.3 Å². The lowest BCUT2D eigenvalue weighted by Crippen LogP contribution is -2.34. The Morgan fingerprint density at radius 1 is 1.37 bits per heavy atom. The average molecular weight is 436 g/mol. The summed E-state index contributed by atoms with van der Waals surface area (Å²) in [6, 6.07) is 9.01. The van der Waals surface area contributed by atoms with Gasteiger partial charge in [-0.1, -0.05) is 34.1 Å². The minimum absolute atomic E-state index is 0. The van der Waals surface area contributed by atoms with Gasteiger partial charge in [-0.25, -0.2) is 0 Å². The molecular weight excluding hydrogens is 417 g/mol. The summed E-state index contributed by atoms with van der Waals surface area (Å²) in [5.41, 5.74) is 7.48. The molecule has 0 heterocycles. The summed E-state index contributed by atoms with van der Waals surface area (Å²) in [4.78, 5) is 4.52. The predicted molar refractivity (Wildman–Crippen MR) is 93.1 cm³/mol. The van der Waals surface area contributed by atoms with E-state index in [1.165, 1.54) is 35.7 Å². The molecule has 2 saturated carbocycles. The molecule has 1 aromatic carbocycles. The van der Waals surface area contributed by atoms with E-state index in [2.05, 4.69) is 50.5 Å². The van der Waals surface area contributed by atoms with Crippen LogP contribution in [0.1, 0.15) is 31.2 Å². The third-order valence-corrected chi connectivity index (χ3v) is 4.47. The average Bonchev–Trinajstić information content (AvgIpc) is 3.23. The first-order valence-electron chi connectivity index (χ1n) is 6.51. The summed E-state index contributed by atoms with van der Waals surface area (Å²) in [6.07, 6.45) is 4.86. The molecule has 19 heavy (non-hydrogen) atoms. The Bertz CT molecular complexity index is 481. The smallest absolute Gasteiger partial charge is 0.188 e. The number of aliphatic imine (C=N–C) groups is 1. The van der Waals surface area contributed by atoms with Gasteiger partial charge in [0.2, 0.25) is 0 Å². The van der Waals surface area contributed by atoms with E-state index < -0.39 is 0 Å². The van der Waals surface area contributed by atoms with Crippen molar-refractivity contribution in [1.82, 2.24) is 5.32 Å². The third kappa shape index (κ3) is 3.62. The van der Waals surface area contributed by atoms with Crippen LogP contribution in [0.4, 0.5) is 0 Å². The summed E-state index contributed by atoms with van der Waals surface area (Å²) >= 11 is 3.63. The largest absolute Gasteiger partial charge is 0.370 e. The number of hydrogen-bond acceptors (Lipinski definition) is 1. The molecule has 3 nitrogen and oxygen atoms in total. The Hall–Kier alpha value is -0.300. The van der Waals surface area contributed by atoms with E-state index in [1.54, 1.807) is 0 Å². The fourth-order valence-electron chi connectivity index (χ4n) is 2.27. The Morgan fingerprint density at radius 2 is 2.05 bits per heavy atom. The van der Waals surface area contributed by atoms with Crippen molar-refractivity contribution in [2.75, 3.05) is 6.54 Å². The maximum Gasteiger partial charge on any atom is 0.188 e. The highest BCUT2D eigenvalue weighted by Gasteiger charge is 2.45. The fraction of sp³-hybridized carbons (Fsp3) is 0.500. The van der Waals surface area contributed by atoms with Gasteiger partial charge >= 0.3 is 0 Å². The lowest BCUT2D eigenvalue weighted by atomic mass is 9.96. The molecule has 0 amide bonds. The van der Waals surface area contributed by atoms with E-state index in [1.807, 2.05) is 0 Å². The second kappa shape index (κ2) is 5.99. The maximum atomic E-state index is 5.89. The maximum absolute atomic E-state index is 5.89. The third-order valence-electron chi connectivity index (χ3n) is 3.78. The quantitative estimate of drug-likeness (QED) is 0.433. The summed E-state index contributed by atoms with van der Waals surface area (Å²) in [5, 5.41) is 3.24. The van der Waals surface area contributed by atoms with Crippen molar-refractivity contribution in [2.24, 2.45) is 10.7 Å². The van der Waals surface area contributed by atoms with E-state index in [9.17, 15) is 0 Å². The number of rotatable bonds is 4. The number of nitrogens with two attached hydrogens (primary N) is 1. The molecule has 3 N–H and O–H groups in total. The Labute approximate surface area is 139 Å². The van der Waals surface area contributed by atoms with Crippen LogP contribution in [0.15, 0.2) is 33.7 Å². The molecule has 104 valence electrons. The van der Waals surface area contributed by atoms with E-state index in [0.717, 1.165) is 6.54 Å². The molecule has 5 heteroatoms. The van der Waals surface area contributed by atoms with Gasteiger partial charge in [-0.05, 0) is 37.3 Å². The van der Waals surface area contributed by atoms with Gasteiger partial charge in [0, 0.05) is 15.9 Å². The molecule has 0 saturated heterocycles. The highest BCUT2D eigenvalue weighted by atomic mass is 127. The molecule has 2 aliphatic rings. The molecule has 1 aromatic rings. The lowest BCUT2D eigenvalue weighted by molar-refractivity contribution is 0.696. The molecule has 0 unspecified atom stereocenters. The predicted octanol–water partition coefficient (Wildman–Crippen LogP) is 3.17. The fourth-order valence-corrected chi connectivity index (χ4v) is 2.98. The van der Waals surface area contributed by atoms with E-state index >= 15 is 0 Å². The topological polar surface area (TPSA) is 50.4 Å². The first-order chi connectivity index (χ1) is 8.70. The van der Waals surface area contributed by atoms with Gasteiger partial charge in [0.15, 0.2) is 5.96 Å². The molecule has 0 radical (unpaired) electrons. The zero-order valence-corrected chi connectivity index (χ0v) is 14.6. The van der Waals surface area contributed by atoms with Crippen LogP contribution >= 0.6 is 39.9 Å². The highest BCUT2D eigenvalue weighted by Crippen LogP contribution is 2.50. The molecule has 3 rings (SSSR count). The Morgan fingerprint density at radius 3 is 2.63 bits per heavy atom. The zero-order chi connectivity index (χ0) is 12.6. The van der Waals surface area contributed by atoms with Crippen LogP contribution in [-0.4, -0.2) is 18.5 Å². The van der Waals surface area contributed by atoms with Gasteiger partial charge in [0.05, 0.1) is 6.54 Å². The minimum atomic E-state index is 0. The summed E-state index contributed by atoms with van der Waals surface area (Å²) < 4.78 is 1.19. The van der Waals surface area contributed by atoms with Gasteiger partial charge < -0.3 is 11.1 Å². The van der Waals surface area contributed by atoms with Gasteiger partial charge in [0.25, 0.3) is 0 Å². The van der Waals surface area contributed by atoms with Gasteiger partial charge in [-0.15, -0.1) is 24.0 Å². The number of nitrogens with zero attached hydrogens (tertiary/aromatic N) is 1. The van der Waals surface area contributed by atoms with Crippen LogP contribution < -0.4 is 11.1 Å². The number of benzene rings is 1. The normalized spacial score (nSPS) is 20.6. The van der Waals surface area contributed by atoms with Crippen LogP contribution in [0.2, 0.25) is 0 Å². The minimum Gasteiger partial charge on any atom is -0.370 e. The van der Waals surface area contributed by atoms with Crippen molar-refractivity contribution in [1.29, 1.82) is 0 Å². The molecule has 0 bridgehead atoms. The Kier molecular flexibility index (Phi) is 4.76. The van der Waals surface area contributed by atoms with Crippen LogP contribution in [0.5, 0.6) is 0 Å². The van der Waals surface area contributed by atoms with Crippen LogP contribution in [0, 0.1) is 0 Å². The molecule has 0 aliphatic heterocycles. The molecule has 2 aliphatic carbocycles. The first kappa shape index (κ1) is 15.1. The van der Waals surface area contributed by atoms with E-state index in [-0.39, 0.29) is 29.4 Å². The summed E-state index contributed by atoms with van der Waals surface area (Å²) in [5.74, 6) is 0.607. The number of hydrogen-bond donors (Lipinski definition) is 2. The number of guanidine groups is 1. The van der Waals surface area contributed by atoms with Gasteiger partial charge in [-0.3, -0.25) is 4.99 Å². The lowest BCUT2D eigenvalue weighted by Gasteiger charge is -2.15. The SMILES string of the molecule is I.NC(=NCC1(c2ccccc2Br)CC1)NC1CC1. The first-order valence-corrected chi connectivity index (χ1v) is 7.30. The van der Waals surface area contributed by atoms with Crippen molar-refractivity contribution in [2.45, 2.75) is 37.1 Å². The summed E-state index contributed by atoms with van der Waals surface area (Å²) in [7, 11) is 0. The zero-order valence-electron chi connectivity index (χ0n) is 10.7. The van der Waals surface area contributed by atoms with Gasteiger partial charge in [0.1, 0.15) is 0 Å². The van der Waals surface area contributed by atoms with Crippen molar-refractivity contribution < 1.29 is 0 Å². The standard InChI is InChI=1S/C14H18BrN3.HI/c15-12-4-2-1-3-11(12)14(7-8-14)9-17-13(16)18-10-5-6-10;/h1-4,10H,5-9H2,(H3,16,17,18);1H. The molecular formula is C14H19BrIN3. The van der Waals surface area contributed by atoms with Crippen molar-refractivity contribution in [3.63, 3.8) is 0 Å². The van der Waals surface area contributed by atoms with Crippen molar-refractivity contribution >= 4 is 45.9 Å². The second-order valence-electron chi connectivity index (χ2n) is 5.38. The monoisotopic (exact) mass is 435 g/mol. The Balaban J connectivity index is 0.00000133. The molecule has 0 aromatic heterocycles. The van der Waals surface area contributed by atoms with Crippen LogP contribution in [-0.2, 0) is 5.41 Å². The summed E-state index contributed by atoms with van der Waals surface area (Å²) in [6.45, 7) is 0.793. The highest BCUT2D eigenvalue weighted by molar-refractivity contribution is 14.0. The molecule has 2 fully saturated rings.